The number of halogens is 2. The molecular weight excluding hydrogens is 272 g/mol. The Balaban J connectivity index is 1.85. The van der Waals surface area contributed by atoms with Crippen LogP contribution in [-0.2, 0) is 13.1 Å². The number of alkyl halides is 2. The molecule has 0 aromatic heterocycles. The molecule has 4 heteroatoms. The van der Waals surface area contributed by atoms with E-state index in [1.807, 2.05) is 0 Å². The summed E-state index contributed by atoms with van der Waals surface area (Å²) in [7, 11) is 0. The highest BCUT2D eigenvalue weighted by atomic mass is 19.3. The minimum Gasteiger partial charge on any atom is -0.435 e. The van der Waals surface area contributed by atoms with Crippen LogP contribution in [-0.4, -0.2) is 6.61 Å². The standard InChI is InChI=1S/C17H19F2NO/c1-12-7-13(2)9-15(8-12)11-20-10-14-3-5-16(6-4-14)21-17(18)19/h3-9,17,20H,10-11H2,1-2H3. The molecule has 112 valence electrons. The molecule has 21 heavy (non-hydrogen) atoms. The normalized spacial score (nSPS) is 10.9. The lowest BCUT2D eigenvalue weighted by atomic mass is 10.1. The number of hydrogen-bond donors (Lipinski definition) is 1. The fourth-order valence-corrected chi connectivity index (χ4v) is 2.31. The van der Waals surface area contributed by atoms with E-state index in [2.05, 4.69) is 42.1 Å². The van der Waals surface area contributed by atoms with Gasteiger partial charge in [-0.05, 0) is 37.1 Å². The predicted octanol–water partition coefficient (Wildman–Crippen LogP) is 4.19. The van der Waals surface area contributed by atoms with Crippen LogP contribution in [0.1, 0.15) is 22.3 Å². The van der Waals surface area contributed by atoms with Gasteiger partial charge in [-0.2, -0.15) is 8.78 Å². The first-order valence-electron chi connectivity index (χ1n) is 6.84. The number of ether oxygens (including phenoxy) is 1. The van der Waals surface area contributed by atoms with Crippen LogP contribution in [0, 0.1) is 13.8 Å². The van der Waals surface area contributed by atoms with E-state index in [0.29, 0.717) is 6.54 Å². The number of nitrogens with one attached hydrogen (secondary N) is 1. The summed E-state index contributed by atoms with van der Waals surface area (Å²) < 4.78 is 28.4. The number of benzene rings is 2. The molecule has 0 bridgehead atoms. The van der Waals surface area contributed by atoms with Gasteiger partial charge in [-0.25, -0.2) is 0 Å². The molecule has 0 amide bonds. The van der Waals surface area contributed by atoms with Crippen LogP contribution in [0.2, 0.25) is 0 Å². The van der Waals surface area contributed by atoms with Crippen LogP contribution >= 0.6 is 0 Å². The van der Waals surface area contributed by atoms with Gasteiger partial charge in [-0.1, -0.05) is 41.5 Å². The molecule has 2 nitrogen and oxygen atoms in total. The van der Waals surface area contributed by atoms with Gasteiger partial charge in [0.2, 0.25) is 0 Å². The van der Waals surface area contributed by atoms with Crippen LogP contribution in [0.5, 0.6) is 5.75 Å². The van der Waals surface area contributed by atoms with Gasteiger partial charge in [-0.3, -0.25) is 0 Å². The van der Waals surface area contributed by atoms with Crippen LogP contribution in [0.25, 0.3) is 0 Å². The molecule has 0 radical (unpaired) electrons. The van der Waals surface area contributed by atoms with E-state index in [1.165, 1.54) is 16.7 Å². The Morgan fingerprint density at radius 1 is 0.905 bits per heavy atom. The highest BCUT2D eigenvalue weighted by Crippen LogP contribution is 2.15. The van der Waals surface area contributed by atoms with Crippen molar-refractivity contribution in [3.8, 4) is 5.75 Å². The zero-order valence-electron chi connectivity index (χ0n) is 12.2. The maximum absolute atomic E-state index is 12.0. The molecule has 0 spiro atoms. The summed E-state index contributed by atoms with van der Waals surface area (Å²) in [5.41, 5.74) is 4.77. The molecule has 0 aliphatic rings. The smallest absolute Gasteiger partial charge is 0.387 e. The Morgan fingerprint density at radius 3 is 2.05 bits per heavy atom. The molecule has 1 N–H and O–H groups in total. The van der Waals surface area contributed by atoms with E-state index >= 15 is 0 Å². The lowest BCUT2D eigenvalue weighted by molar-refractivity contribution is -0.0498. The Labute approximate surface area is 123 Å². The van der Waals surface area contributed by atoms with E-state index < -0.39 is 6.61 Å². The predicted molar refractivity (Wildman–Crippen MR) is 79.5 cm³/mol. The second-order valence-corrected chi connectivity index (χ2v) is 5.12. The van der Waals surface area contributed by atoms with Crippen LogP contribution in [0.3, 0.4) is 0 Å². The fourth-order valence-electron chi connectivity index (χ4n) is 2.31. The minimum absolute atomic E-state index is 0.183. The average molecular weight is 291 g/mol. The zero-order chi connectivity index (χ0) is 15.2. The van der Waals surface area contributed by atoms with Crippen molar-refractivity contribution >= 4 is 0 Å². The van der Waals surface area contributed by atoms with E-state index in [9.17, 15) is 8.78 Å². The summed E-state index contributed by atoms with van der Waals surface area (Å²) in [5.74, 6) is 0.183. The first-order valence-corrected chi connectivity index (χ1v) is 6.84. The van der Waals surface area contributed by atoms with Crippen molar-refractivity contribution in [3.63, 3.8) is 0 Å². The zero-order valence-corrected chi connectivity index (χ0v) is 12.2. The Morgan fingerprint density at radius 2 is 1.48 bits per heavy atom. The topological polar surface area (TPSA) is 21.3 Å². The van der Waals surface area contributed by atoms with E-state index in [4.69, 9.17) is 0 Å². The summed E-state index contributed by atoms with van der Waals surface area (Å²) in [4.78, 5) is 0. The second kappa shape index (κ2) is 7.18. The van der Waals surface area contributed by atoms with Crippen molar-refractivity contribution < 1.29 is 13.5 Å². The van der Waals surface area contributed by atoms with Gasteiger partial charge in [0.25, 0.3) is 0 Å². The summed E-state index contributed by atoms with van der Waals surface area (Å²) >= 11 is 0. The maximum Gasteiger partial charge on any atom is 0.387 e. The second-order valence-electron chi connectivity index (χ2n) is 5.12. The van der Waals surface area contributed by atoms with Gasteiger partial charge in [-0.15, -0.1) is 0 Å². The third kappa shape index (κ3) is 5.16. The molecule has 0 atom stereocenters. The van der Waals surface area contributed by atoms with Crippen molar-refractivity contribution in [3.05, 3.63) is 64.7 Å². The molecular formula is C17H19F2NO. The summed E-state index contributed by atoms with van der Waals surface area (Å²) in [6.07, 6.45) is 0. The third-order valence-corrected chi connectivity index (χ3v) is 3.09. The number of aryl methyl sites for hydroxylation is 2. The van der Waals surface area contributed by atoms with E-state index in [-0.39, 0.29) is 5.75 Å². The minimum atomic E-state index is -2.78. The van der Waals surface area contributed by atoms with Crippen molar-refractivity contribution in [2.24, 2.45) is 0 Å². The fraction of sp³-hybridized carbons (Fsp3) is 0.294. The molecule has 0 saturated heterocycles. The Bertz CT molecular complexity index is 562. The maximum atomic E-state index is 12.0. The first-order chi connectivity index (χ1) is 10.0. The molecule has 0 fully saturated rings. The first kappa shape index (κ1) is 15.4. The molecule has 2 aromatic carbocycles. The Kier molecular flexibility index (Phi) is 5.28. The van der Waals surface area contributed by atoms with Crippen molar-refractivity contribution in [1.29, 1.82) is 0 Å². The number of hydrogen-bond acceptors (Lipinski definition) is 2. The quantitative estimate of drug-likeness (QED) is 0.861. The molecule has 0 aliphatic carbocycles. The molecule has 0 unspecified atom stereocenters. The largest absolute Gasteiger partial charge is 0.435 e. The SMILES string of the molecule is Cc1cc(C)cc(CNCc2ccc(OC(F)F)cc2)c1. The Hall–Kier alpha value is -1.94. The van der Waals surface area contributed by atoms with E-state index in [0.717, 1.165) is 12.1 Å². The van der Waals surface area contributed by atoms with Crippen molar-refractivity contribution in [2.75, 3.05) is 0 Å². The van der Waals surface area contributed by atoms with Gasteiger partial charge >= 0.3 is 6.61 Å². The van der Waals surface area contributed by atoms with Gasteiger partial charge in [0.15, 0.2) is 0 Å². The summed E-state index contributed by atoms with van der Waals surface area (Å²) in [6, 6.07) is 13.1. The number of rotatable bonds is 6. The van der Waals surface area contributed by atoms with Gasteiger partial charge in [0.05, 0.1) is 0 Å². The third-order valence-electron chi connectivity index (χ3n) is 3.09. The van der Waals surface area contributed by atoms with Crippen LogP contribution in [0.15, 0.2) is 42.5 Å². The summed E-state index contributed by atoms with van der Waals surface area (Å²) in [6.45, 7) is 2.84. The molecule has 0 heterocycles. The van der Waals surface area contributed by atoms with Crippen molar-refractivity contribution in [1.82, 2.24) is 5.32 Å². The summed E-state index contributed by atoms with van der Waals surface area (Å²) in [5, 5.41) is 3.34. The van der Waals surface area contributed by atoms with Crippen LogP contribution < -0.4 is 10.1 Å². The van der Waals surface area contributed by atoms with Crippen molar-refractivity contribution in [2.45, 2.75) is 33.5 Å². The molecule has 2 aromatic rings. The lowest BCUT2D eigenvalue weighted by Gasteiger charge is -2.08. The molecule has 2 rings (SSSR count). The van der Waals surface area contributed by atoms with Crippen LogP contribution in [0.4, 0.5) is 8.78 Å². The van der Waals surface area contributed by atoms with Gasteiger partial charge in [0.1, 0.15) is 5.75 Å². The monoisotopic (exact) mass is 291 g/mol. The lowest BCUT2D eigenvalue weighted by Crippen LogP contribution is -2.13. The molecule has 0 aliphatic heterocycles. The highest BCUT2D eigenvalue weighted by Gasteiger charge is 2.03. The van der Waals surface area contributed by atoms with E-state index in [1.54, 1.807) is 24.3 Å². The highest BCUT2D eigenvalue weighted by molar-refractivity contribution is 5.29. The van der Waals surface area contributed by atoms with Gasteiger partial charge in [0, 0.05) is 13.1 Å². The van der Waals surface area contributed by atoms with Gasteiger partial charge < -0.3 is 10.1 Å². The average Bonchev–Trinajstić information content (AvgIpc) is 2.39. The molecule has 0 saturated carbocycles.